The quantitative estimate of drug-likeness (QED) is 0.630. The van der Waals surface area contributed by atoms with Gasteiger partial charge in [0.2, 0.25) is 0 Å². The molecule has 0 aliphatic carbocycles. The number of rotatable bonds is 3. The van der Waals surface area contributed by atoms with Gasteiger partial charge < -0.3 is 19.1 Å². The van der Waals surface area contributed by atoms with E-state index in [9.17, 15) is 10.1 Å². The van der Waals surface area contributed by atoms with Crippen molar-refractivity contribution in [2.75, 3.05) is 38.3 Å². The first-order chi connectivity index (χ1) is 10.5. The average Bonchev–Trinajstić information content (AvgIpc) is 2.96. The van der Waals surface area contributed by atoms with Gasteiger partial charge in [-0.25, -0.2) is 0 Å². The van der Waals surface area contributed by atoms with Crippen molar-refractivity contribution in [3.8, 4) is 5.75 Å². The van der Waals surface area contributed by atoms with Crippen molar-refractivity contribution in [2.45, 2.75) is 25.6 Å². The normalized spacial score (nSPS) is 20.4. The number of nitro benzene ring substituents is 1. The van der Waals surface area contributed by atoms with Crippen molar-refractivity contribution in [2.24, 2.45) is 0 Å². The van der Waals surface area contributed by atoms with Crippen LogP contribution < -0.4 is 9.64 Å². The van der Waals surface area contributed by atoms with E-state index in [1.807, 2.05) is 6.92 Å². The van der Waals surface area contributed by atoms with Gasteiger partial charge in [-0.1, -0.05) is 0 Å². The van der Waals surface area contributed by atoms with E-state index >= 15 is 0 Å². The van der Waals surface area contributed by atoms with Crippen LogP contribution in [0.25, 0.3) is 0 Å². The van der Waals surface area contributed by atoms with Crippen molar-refractivity contribution >= 4 is 11.4 Å². The van der Waals surface area contributed by atoms with Crippen LogP contribution >= 0.6 is 0 Å². The minimum Gasteiger partial charge on any atom is -0.490 e. The number of hydrogen-bond donors (Lipinski definition) is 0. The van der Waals surface area contributed by atoms with Gasteiger partial charge in [0, 0.05) is 43.8 Å². The summed E-state index contributed by atoms with van der Waals surface area (Å²) in [5, 5.41) is 11.1. The molecule has 0 saturated carbocycles. The number of ether oxygens (including phenoxy) is 3. The van der Waals surface area contributed by atoms with Crippen LogP contribution in [-0.2, 0) is 9.47 Å². The highest BCUT2D eigenvalue weighted by atomic mass is 16.7. The van der Waals surface area contributed by atoms with Crippen LogP contribution in [0.4, 0.5) is 11.4 Å². The molecule has 0 aromatic heterocycles. The maximum absolute atomic E-state index is 11.1. The van der Waals surface area contributed by atoms with Gasteiger partial charge in [0.05, 0.1) is 25.2 Å². The molecular weight excluding hydrogens is 288 g/mol. The summed E-state index contributed by atoms with van der Waals surface area (Å²) in [5.41, 5.74) is 1.84. The Bertz CT molecular complexity index is 574. The molecule has 0 atom stereocenters. The third-order valence-corrected chi connectivity index (χ3v) is 4.37. The molecule has 2 saturated heterocycles. The van der Waals surface area contributed by atoms with E-state index in [2.05, 4.69) is 4.90 Å². The van der Waals surface area contributed by atoms with Gasteiger partial charge in [0.15, 0.2) is 11.5 Å². The summed E-state index contributed by atoms with van der Waals surface area (Å²) in [4.78, 5) is 12.9. The lowest BCUT2D eigenvalue weighted by molar-refractivity contribution is -0.385. The molecule has 7 nitrogen and oxygen atoms in total. The maximum Gasteiger partial charge on any atom is 0.311 e. The van der Waals surface area contributed by atoms with Crippen molar-refractivity contribution in [1.82, 2.24) is 0 Å². The van der Waals surface area contributed by atoms with E-state index in [0.717, 1.165) is 37.2 Å². The van der Waals surface area contributed by atoms with Crippen LogP contribution in [-0.4, -0.2) is 44.1 Å². The van der Waals surface area contributed by atoms with E-state index in [1.54, 1.807) is 12.1 Å². The molecule has 1 aromatic rings. The Morgan fingerprint density at radius 3 is 2.45 bits per heavy atom. The Hall–Kier alpha value is -1.86. The molecule has 0 bridgehead atoms. The number of benzene rings is 1. The second-order valence-electron chi connectivity index (χ2n) is 5.66. The maximum atomic E-state index is 11.1. The third kappa shape index (κ3) is 2.62. The molecule has 2 aliphatic heterocycles. The number of nitrogens with zero attached hydrogens (tertiary/aromatic N) is 2. The summed E-state index contributed by atoms with van der Waals surface area (Å²) < 4.78 is 16.6. The molecule has 0 N–H and O–H groups in total. The number of piperidine rings is 1. The summed E-state index contributed by atoms with van der Waals surface area (Å²) in [6.45, 7) is 4.78. The molecule has 1 aromatic carbocycles. The molecule has 0 radical (unpaired) electrons. The second kappa shape index (κ2) is 5.73. The molecule has 22 heavy (non-hydrogen) atoms. The fourth-order valence-corrected chi connectivity index (χ4v) is 3.18. The Balaban J connectivity index is 1.82. The number of methoxy groups -OCH3 is 1. The van der Waals surface area contributed by atoms with E-state index in [1.165, 1.54) is 7.11 Å². The molecule has 3 rings (SSSR count). The zero-order valence-electron chi connectivity index (χ0n) is 12.8. The molecule has 2 fully saturated rings. The van der Waals surface area contributed by atoms with Gasteiger partial charge in [-0.2, -0.15) is 0 Å². The highest BCUT2D eigenvalue weighted by molar-refractivity contribution is 5.64. The zero-order valence-corrected chi connectivity index (χ0v) is 12.8. The van der Waals surface area contributed by atoms with E-state index in [-0.39, 0.29) is 5.69 Å². The first-order valence-corrected chi connectivity index (χ1v) is 7.40. The van der Waals surface area contributed by atoms with Crippen molar-refractivity contribution in [3.05, 3.63) is 27.8 Å². The summed E-state index contributed by atoms with van der Waals surface area (Å²) in [7, 11) is 1.45. The van der Waals surface area contributed by atoms with E-state index < -0.39 is 10.7 Å². The molecule has 1 spiro atoms. The topological polar surface area (TPSA) is 74.1 Å². The molecule has 7 heteroatoms. The summed E-state index contributed by atoms with van der Waals surface area (Å²) in [6, 6.07) is 3.32. The van der Waals surface area contributed by atoms with E-state index in [4.69, 9.17) is 14.2 Å². The average molecular weight is 308 g/mol. The van der Waals surface area contributed by atoms with Crippen molar-refractivity contribution in [1.29, 1.82) is 0 Å². The summed E-state index contributed by atoms with van der Waals surface area (Å²) in [6.07, 6.45) is 1.59. The minimum absolute atomic E-state index is 0.000288. The van der Waals surface area contributed by atoms with Crippen LogP contribution in [0.5, 0.6) is 5.75 Å². The van der Waals surface area contributed by atoms with Gasteiger partial charge in [-0.15, -0.1) is 0 Å². The van der Waals surface area contributed by atoms with Gasteiger partial charge in [0.1, 0.15) is 0 Å². The highest BCUT2D eigenvalue weighted by Crippen LogP contribution is 2.38. The standard InChI is InChI=1S/C15H20N2O5/c1-11-9-13(17(18)19)14(20-2)10-12(11)16-5-3-15(4-6-16)21-7-8-22-15/h9-10H,3-8H2,1-2H3. The lowest BCUT2D eigenvalue weighted by Crippen LogP contribution is -2.45. The predicted molar refractivity (Wildman–Crippen MR) is 80.5 cm³/mol. The lowest BCUT2D eigenvalue weighted by Gasteiger charge is -2.39. The van der Waals surface area contributed by atoms with Crippen LogP contribution in [0.2, 0.25) is 0 Å². The highest BCUT2D eigenvalue weighted by Gasteiger charge is 2.40. The van der Waals surface area contributed by atoms with Gasteiger partial charge in [-0.05, 0) is 12.5 Å². The fourth-order valence-electron chi connectivity index (χ4n) is 3.18. The molecule has 0 unspecified atom stereocenters. The molecule has 120 valence electrons. The smallest absolute Gasteiger partial charge is 0.311 e. The van der Waals surface area contributed by atoms with Crippen molar-refractivity contribution in [3.63, 3.8) is 0 Å². The largest absolute Gasteiger partial charge is 0.490 e. The lowest BCUT2D eigenvalue weighted by atomic mass is 10.0. The third-order valence-electron chi connectivity index (χ3n) is 4.37. The molecule has 2 aliphatic rings. The van der Waals surface area contributed by atoms with E-state index in [0.29, 0.717) is 19.0 Å². The Morgan fingerprint density at radius 2 is 1.91 bits per heavy atom. The number of aryl methyl sites for hydroxylation is 1. The first-order valence-electron chi connectivity index (χ1n) is 7.40. The fraction of sp³-hybridized carbons (Fsp3) is 0.600. The van der Waals surface area contributed by atoms with Gasteiger partial charge >= 0.3 is 5.69 Å². The second-order valence-corrected chi connectivity index (χ2v) is 5.66. The summed E-state index contributed by atoms with van der Waals surface area (Å²) >= 11 is 0. The SMILES string of the molecule is COc1cc(N2CCC3(CC2)OCCO3)c(C)cc1[N+](=O)[O-]. The Kier molecular flexibility index (Phi) is 3.92. The van der Waals surface area contributed by atoms with Crippen molar-refractivity contribution < 1.29 is 19.1 Å². The molecular formula is C15H20N2O5. The monoisotopic (exact) mass is 308 g/mol. The summed E-state index contributed by atoms with van der Waals surface area (Å²) in [5.74, 6) is -0.130. The zero-order chi connectivity index (χ0) is 15.7. The van der Waals surface area contributed by atoms with Crippen LogP contribution in [0, 0.1) is 17.0 Å². The van der Waals surface area contributed by atoms with Crippen LogP contribution in [0.3, 0.4) is 0 Å². The number of anilines is 1. The van der Waals surface area contributed by atoms with Crippen LogP contribution in [0.1, 0.15) is 18.4 Å². The number of nitro groups is 1. The van der Waals surface area contributed by atoms with Crippen LogP contribution in [0.15, 0.2) is 12.1 Å². The molecule has 0 amide bonds. The Morgan fingerprint density at radius 1 is 1.27 bits per heavy atom. The first kappa shape index (κ1) is 15.1. The Labute approximate surface area is 128 Å². The predicted octanol–water partition coefficient (Wildman–Crippen LogP) is 2.26. The number of hydrogen-bond acceptors (Lipinski definition) is 6. The molecule has 2 heterocycles. The van der Waals surface area contributed by atoms with Gasteiger partial charge in [-0.3, -0.25) is 10.1 Å². The van der Waals surface area contributed by atoms with Gasteiger partial charge in [0.25, 0.3) is 0 Å². The minimum atomic E-state index is -0.421.